The second-order valence-corrected chi connectivity index (χ2v) is 4.71. The Bertz CT molecular complexity index is 472. The van der Waals surface area contributed by atoms with E-state index in [2.05, 4.69) is 11.9 Å². The molecule has 2 atom stereocenters. The number of carboxylic acids is 1. The summed E-state index contributed by atoms with van der Waals surface area (Å²) in [6.45, 7) is 5.68. The van der Waals surface area contributed by atoms with Gasteiger partial charge in [-0.3, -0.25) is 0 Å². The third-order valence-electron chi connectivity index (χ3n) is 3.11. The summed E-state index contributed by atoms with van der Waals surface area (Å²) < 4.78 is 5.03. The van der Waals surface area contributed by atoms with Gasteiger partial charge in [0.2, 0.25) is 0 Å². The van der Waals surface area contributed by atoms with Crippen molar-refractivity contribution < 1.29 is 19.4 Å². The van der Waals surface area contributed by atoms with Gasteiger partial charge in [-0.15, -0.1) is 6.58 Å². The van der Waals surface area contributed by atoms with Gasteiger partial charge in [-0.05, 0) is 12.0 Å². The van der Waals surface area contributed by atoms with Crippen LogP contribution in [0.15, 0.2) is 43.0 Å². The first-order valence-electron chi connectivity index (χ1n) is 6.91. The number of carbonyl (C=O) groups is 2. The third kappa shape index (κ3) is 5.69. The lowest BCUT2D eigenvalue weighted by Crippen LogP contribution is -2.45. The van der Waals surface area contributed by atoms with E-state index in [4.69, 9.17) is 4.74 Å². The van der Waals surface area contributed by atoms with Crippen LogP contribution in [0.5, 0.6) is 0 Å². The summed E-state index contributed by atoms with van der Waals surface area (Å²) in [5.74, 6) is -1.42. The monoisotopic (exact) mass is 291 g/mol. The molecule has 0 heterocycles. The average molecular weight is 291 g/mol. The fourth-order valence-electron chi connectivity index (χ4n) is 2.00. The highest BCUT2D eigenvalue weighted by molar-refractivity contribution is 5.80. The molecule has 0 aliphatic rings. The molecule has 1 aromatic rings. The van der Waals surface area contributed by atoms with Crippen molar-refractivity contribution in [3.63, 3.8) is 0 Å². The molecule has 0 spiro atoms. The molecule has 0 saturated carbocycles. The van der Waals surface area contributed by atoms with Gasteiger partial charge in [-0.1, -0.05) is 49.8 Å². The van der Waals surface area contributed by atoms with Crippen molar-refractivity contribution in [1.82, 2.24) is 5.32 Å². The number of rotatable bonds is 8. The van der Waals surface area contributed by atoms with Crippen LogP contribution in [0.2, 0.25) is 0 Å². The quantitative estimate of drug-likeness (QED) is 0.722. The van der Waals surface area contributed by atoms with Crippen LogP contribution in [0.25, 0.3) is 0 Å². The van der Waals surface area contributed by atoms with Crippen molar-refractivity contribution in [3.8, 4) is 0 Å². The number of alkyl carbamates (subject to hydrolysis) is 1. The smallest absolute Gasteiger partial charge is 0.408 e. The minimum atomic E-state index is -1.09. The number of ether oxygens (including phenoxy) is 1. The highest BCUT2D eigenvalue weighted by Crippen LogP contribution is 2.13. The van der Waals surface area contributed by atoms with Crippen molar-refractivity contribution in [2.75, 3.05) is 0 Å². The fraction of sp³-hybridized carbons (Fsp3) is 0.375. The van der Waals surface area contributed by atoms with E-state index < -0.39 is 18.1 Å². The predicted molar refractivity (Wildman–Crippen MR) is 79.8 cm³/mol. The van der Waals surface area contributed by atoms with E-state index in [-0.39, 0.29) is 12.5 Å². The number of amides is 1. The van der Waals surface area contributed by atoms with Crippen LogP contribution in [0.3, 0.4) is 0 Å². The fourth-order valence-corrected chi connectivity index (χ4v) is 2.00. The largest absolute Gasteiger partial charge is 0.480 e. The maximum atomic E-state index is 11.7. The summed E-state index contributed by atoms with van der Waals surface area (Å²) in [7, 11) is 0. The van der Waals surface area contributed by atoms with Gasteiger partial charge in [0.05, 0.1) is 0 Å². The van der Waals surface area contributed by atoms with Crippen LogP contribution in [0, 0.1) is 5.92 Å². The van der Waals surface area contributed by atoms with Gasteiger partial charge in [0, 0.05) is 5.92 Å². The average Bonchev–Trinajstić information content (AvgIpc) is 2.49. The lowest BCUT2D eigenvalue weighted by Gasteiger charge is -2.21. The summed E-state index contributed by atoms with van der Waals surface area (Å²) in [5, 5.41) is 11.6. The van der Waals surface area contributed by atoms with E-state index in [9.17, 15) is 14.7 Å². The molecule has 0 aliphatic carbocycles. The van der Waals surface area contributed by atoms with Crippen LogP contribution in [-0.2, 0) is 16.1 Å². The van der Waals surface area contributed by atoms with Gasteiger partial charge in [0.1, 0.15) is 12.6 Å². The second kappa shape index (κ2) is 8.79. The summed E-state index contributed by atoms with van der Waals surface area (Å²) >= 11 is 0. The Morgan fingerprint density at radius 3 is 2.57 bits per heavy atom. The summed E-state index contributed by atoms with van der Waals surface area (Å²) in [5.41, 5.74) is 0.841. The van der Waals surface area contributed by atoms with Gasteiger partial charge >= 0.3 is 12.1 Å². The number of nitrogens with one attached hydrogen (secondary N) is 1. The van der Waals surface area contributed by atoms with Crippen LogP contribution in [-0.4, -0.2) is 23.2 Å². The normalized spacial score (nSPS) is 13.0. The van der Waals surface area contributed by atoms with Crippen molar-refractivity contribution >= 4 is 12.1 Å². The zero-order valence-corrected chi connectivity index (χ0v) is 12.1. The molecule has 0 unspecified atom stereocenters. The first-order chi connectivity index (χ1) is 10.1. The molecule has 1 amide bonds. The maximum Gasteiger partial charge on any atom is 0.408 e. The first kappa shape index (κ1) is 16.8. The van der Waals surface area contributed by atoms with Crippen molar-refractivity contribution in [3.05, 3.63) is 48.6 Å². The van der Waals surface area contributed by atoms with E-state index >= 15 is 0 Å². The zero-order chi connectivity index (χ0) is 15.7. The Morgan fingerprint density at radius 1 is 1.38 bits per heavy atom. The van der Waals surface area contributed by atoms with Gasteiger partial charge in [0.15, 0.2) is 0 Å². The minimum Gasteiger partial charge on any atom is -0.480 e. The van der Waals surface area contributed by atoms with Gasteiger partial charge in [-0.25, -0.2) is 9.59 Å². The highest BCUT2D eigenvalue weighted by atomic mass is 16.5. The number of aliphatic carboxylic acids is 1. The van der Waals surface area contributed by atoms with Crippen LogP contribution in [0.4, 0.5) is 4.79 Å². The summed E-state index contributed by atoms with van der Waals surface area (Å²) in [4.78, 5) is 23.0. The van der Waals surface area contributed by atoms with Crippen LogP contribution < -0.4 is 5.32 Å². The third-order valence-corrected chi connectivity index (χ3v) is 3.11. The molecule has 5 nitrogen and oxygen atoms in total. The Balaban J connectivity index is 2.56. The number of carbonyl (C=O) groups excluding carboxylic acids is 1. The van der Waals surface area contributed by atoms with Crippen molar-refractivity contribution in [2.45, 2.75) is 32.4 Å². The van der Waals surface area contributed by atoms with E-state index in [0.717, 1.165) is 12.0 Å². The Kier molecular flexibility index (Phi) is 7.01. The number of hydrogen-bond donors (Lipinski definition) is 2. The second-order valence-electron chi connectivity index (χ2n) is 4.71. The molecule has 0 radical (unpaired) electrons. The van der Waals surface area contributed by atoms with Crippen molar-refractivity contribution in [2.24, 2.45) is 5.92 Å². The van der Waals surface area contributed by atoms with Gasteiger partial charge in [-0.2, -0.15) is 0 Å². The molecule has 1 rings (SSSR count). The van der Waals surface area contributed by atoms with E-state index in [1.165, 1.54) is 0 Å². The van der Waals surface area contributed by atoms with E-state index in [0.29, 0.717) is 6.42 Å². The lowest BCUT2D eigenvalue weighted by molar-refractivity contribution is -0.140. The predicted octanol–water partition coefficient (Wildman–Crippen LogP) is 2.97. The molecule has 21 heavy (non-hydrogen) atoms. The van der Waals surface area contributed by atoms with Crippen LogP contribution >= 0.6 is 0 Å². The minimum absolute atomic E-state index is 0.103. The SMILES string of the molecule is C=C[C@@H](CCC)[C@@H](NC(=O)OCc1ccccc1)C(=O)O. The summed E-state index contributed by atoms with van der Waals surface area (Å²) in [6, 6.07) is 8.17. The highest BCUT2D eigenvalue weighted by Gasteiger charge is 2.27. The Morgan fingerprint density at radius 2 is 2.05 bits per heavy atom. The van der Waals surface area contributed by atoms with Crippen molar-refractivity contribution in [1.29, 1.82) is 0 Å². The number of hydrogen-bond acceptors (Lipinski definition) is 3. The first-order valence-corrected chi connectivity index (χ1v) is 6.91. The van der Waals surface area contributed by atoms with Gasteiger partial charge < -0.3 is 15.2 Å². The molecule has 114 valence electrons. The molecule has 2 N–H and O–H groups in total. The molecule has 1 aromatic carbocycles. The summed E-state index contributed by atoms with van der Waals surface area (Å²) in [6.07, 6.45) is 2.26. The molecule has 0 aromatic heterocycles. The Labute approximate surface area is 124 Å². The number of carboxylic acid groups (broad SMARTS) is 1. The molecule has 0 fully saturated rings. The molecular weight excluding hydrogens is 270 g/mol. The zero-order valence-electron chi connectivity index (χ0n) is 12.1. The molecule has 5 heteroatoms. The Hall–Kier alpha value is -2.30. The lowest BCUT2D eigenvalue weighted by atomic mass is 9.95. The molecular formula is C16H21NO4. The van der Waals surface area contributed by atoms with Crippen LogP contribution in [0.1, 0.15) is 25.3 Å². The maximum absolute atomic E-state index is 11.7. The molecule has 0 aliphatic heterocycles. The topological polar surface area (TPSA) is 75.6 Å². The standard InChI is InChI=1S/C16H21NO4/c1-3-8-13(4-2)14(15(18)19)17-16(20)21-11-12-9-6-5-7-10-12/h4-7,9-10,13-14H,2-3,8,11H2,1H3,(H,17,20)(H,18,19)/t13-,14+/m0/s1. The van der Waals surface area contributed by atoms with Gasteiger partial charge in [0.25, 0.3) is 0 Å². The van der Waals surface area contributed by atoms with E-state index in [1.54, 1.807) is 6.08 Å². The van der Waals surface area contributed by atoms with E-state index in [1.807, 2.05) is 37.3 Å². The number of benzene rings is 1. The molecule has 0 bridgehead atoms. The molecule has 0 saturated heterocycles.